The van der Waals surface area contributed by atoms with Crippen LogP contribution < -0.4 is 10.3 Å². The first-order chi connectivity index (χ1) is 19.4. The molecule has 0 saturated carbocycles. The van der Waals surface area contributed by atoms with Gasteiger partial charge in [-0.2, -0.15) is 5.10 Å². The molecule has 0 amide bonds. The maximum atomic E-state index is 13.2. The van der Waals surface area contributed by atoms with Gasteiger partial charge in [0.2, 0.25) is 0 Å². The molecule has 2 aromatic heterocycles. The number of methoxy groups -OCH3 is 2. The summed E-state index contributed by atoms with van der Waals surface area (Å²) in [6.45, 7) is 2.83. The molecule has 0 saturated heterocycles. The molecule has 0 radical (unpaired) electrons. The topological polar surface area (TPSA) is 97.5 Å². The van der Waals surface area contributed by atoms with Gasteiger partial charge in [-0.3, -0.25) is 14.0 Å². The van der Waals surface area contributed by atoms with Crippen molar-refractivity contribution in [3.63, 3.8) is 0 Å². The van der Waals surface area contributed by atoms with E-state index < -0.39 is 12.1 Å². The number of carbonyl (C=O) groups is 1. The molecule has 0 N–H and O–H groups in total. The third kappa shape index (κ3) is 7.26. The predicted octanol–water partition coefficient (Wildman–Crippen LogP) is 5.31. The number of rotatable bonds is 14. The number of aryl methyl sites for hydroxylation is 1. The van der Waals surface area contributed by atoms with Crippen LogP contribution in [-0.4, -0.2) is 51.7 Å². The fourth-order valence-corrected chi connectivity index (χ4v) is 5.49. The number of fused-ring (bicyclic) bond motifs is 2. The van der Waals surface area contributed by atoms with Gasteiger partial charge >= 0.3 is 5.97 Å². The molecule has 0 aliphatic carbocycles. The Labute approximate surface area is 236 Å². The summed E-state index contributed by atoms with van der Waals surface area (Å²) in [6, 6.07) is 9.03. The van der Waals surface area contributed by atoms with Crippen LogP contribution in [0.25, 0.3) is 16.6 Å². The molecule has 9 nitrogen and oxygen atoms in total. The monoisotopic (exact) mass is 550 g/mol. The molecular weight excluding hydrogens is 508 g/mol. The zero-order valence-electron chi connectivity index (χ0n) is 24.2. The third-order valence-corrected chi connectivity index (χ3v) is 7.71. The van der Waals surface area contributed by atoms with Crippen molar-refractivity contribution in [3.05, 3.63) is 58.8 Å². The van der Waals surface area contributed by atoms with Crippen molar-refractivity contribution < 1.29 is 19.0 Å². The number of nitrogens with zero attached hydrogens (tertiary/aromatic N) is 4. The van der Waals surface area contributed by atoms with E-state index in [0.29, 0.717) is 35.6 Å². The van der Waals surface area contributed by atoms with E-state index in [1.54, 1.807) is 41.7 Å². The van der Waals surface area contributed by atoms with Crippen LogP contribution in [0.15, 0.2) is 47.4 Å². The van der Waals surface area contributed by atoms with E-state index in [2.05, 4.69) is 18.1 Å². The van der Waals surface area contributed by atoms with Crippen LogP contribution >= 0.6 is 0 Å². The van der Waals surface area contributed by atoms with E-state index in [1.165, 1.54) is 26.4 Å². The van der Waals surface area contributed by atoms with Gasteiger partial charge in [0.15, 0.2) is 11.8 Å². The van der Waals surface area contributed by atoms with Crippen LogP contribution in [-0.2, 0) is 27.9 Å². The third-order valence-electron chi connectivity index (χ3n) is 7.71. The molecule has 0 bridgehead atoms. The Morgan fingerprint density at radius 1 is 1.10 bits per heavy atom. The summed E-state index contributed by atoms with van der Waals surface area (Å²) in [5, 5.41) is 4.77. The number of carbonyl (C=O) groups excluding carboxylic acids is 1. The number of esters is 1. The minimum Gasteiger partial charge on any atom is -0.425 e. The van der Waals surface area contributed by atoms with Crippen LogP contribution in [0.3, 0.4) is 0 Å². The van der Waals surface area contributed by atoms with Gasteiger partial charge in [-0.05, 0) is 55.7 Å². The second-order valence-corrected chi connectivity index (χ2v) is 10.6. The Balaban J connectivity index is 1.63. The number of ether oxygens (including phenoxy) is 3. The Morgan fingerprint density at radius 3 is 2.62 bits per heavy atom. The van der Waals surface area contributed by atoms with Crippen LogP contribution in [0.5, 0.6) is 5.75 Å². The quantitative estimate of drug-likeness (QED) is 0.152. The second kappa shape index (κ2) is 14.4. The SMILES string of the molecule is CCCCCCC(CC(/C=C1\CCCn2c1nc1c(cnn1C)c2=O)CC(OC)C(=O)Oc1ccccc1)OC. The van der Waals surface area contributed by atoms with Crippen LogP contribution in [0, 0.1) is 5.92 Å². The van der Waals surface area contributed by atoms with Gasteiger partial charge in [0.05, 0.1) is 12.3 Å². The van der Waals surface area contributed by atoms with Gasteiger partial charge in [0.25, 0.3) is 5.56 Å². The van der Waals surface area contributed by atoms with E-state index in [1.807, 2.05) is 18.2 Å². The van der Waals surface area contributed by atoms with E-state index in [-0.39, 0.29) is 17.6 Å². The molecule has 1 aliphatic heterocycles. The van der Waals surface area contributed by atoms with Gasteiger partial charge < -0.3 is 14.2 Å². The average Bonchev–Trinajstić information content (AvgIpc) is 3.34. The predicted molar refractivity (Wildman–Crippen MR) is 155 cm³/mol. The largest absolute Gasteiger partial charge is 0.425 e. The van der Waals surface area contributed by atoms with Crippen LogP contribution in [0.2, 0.25) is 0 Å². The molecule has 3 aromatic rings. The summed E-state index contributed by atoms with van der Waals surface area (Å²) in [4.78, 5) is 31.2. The lowest BCUT2D eigenvalue weighted by Gasteiger charge is -2.26. The van der Waals surface area contributed by atoms with E-state index in [4.69, 9.17) is 19.2 Å². The van der Waals surface area contributed by atoms with Crippen LogP contribution in [0.1, 0.15) is 70.5 Å². The molecule has 1 aliphatic rings. The minimum atomic E-state index is -0.752. The number of hydrogen-bond donors (Lipinski definition) is 0. The van der Waals surface area contributed by atoms with E-state index in [0.717, 1.165) is 37.7 Å². The van der Waals surface area contributed by atoms with E-state index >= 15 is 0 Å². The number of benzene rings is 1. The molecule has 4 rings (SSSR count). The molecule has 3 heterocycles. The van der Waals surface area contributed by atoms with Crippen molar-refractivity contribution in [2.45, 2.75) is 83.5 Å². The minimum absolute atomic E-state index is 0.0413. The number of unbranched alkanes of at least 4 members (excludes halogenated alkanes) is 3. The summed E-state index contributed by atoms with van der Waals surface area (Å²) < 4.78 is 20.6. The second-order valence-electron chi connectivity index (χ2n) is 10.6. The van der Waals surface area contributed by atoms with Gasteiger partial charge in [-0.1, -0.05) is 56.9 Å². The van der Waals surface area contributed by atoms with Crippen molar-refractivity contribution in [2.75, 3.05) is 14.2 Å². The molecule has 3 unspecified atom stereocenters. The smallest absolute Gasteiger partial charge is 0.340 e. The summed E-state index contributed by atoms with van der Waals surface area (Å²) in [5.41, 5.74) is 1.51. The lowest BCUT2D eigenvalue weighted by molar-refractivity contribution is -0.146. The van der Waals surface area contributed by atoms with Crippen molar-refractivity contribution >= 4 is 22.6 Å². The van der Waals surface area contributed by atoms with Gasteiger partial charge in [0.1, 0.15) is 17.0 Å². The molecule has 40 heavy (non-hydrogen) atoms. The zero-order valence-corrected chi connectivity index (χ0v) is 24.2. The van der Waals surface area contributed by atoms with Gasteiger partial charge in [-0.15, -0.1) is 0 Å². The average molecular weight is 551 g/mol. The Bertz CT molecular complexity index is 1350. The molecule has 3 atom stereocenters. The summed E-state index contributed by atoms with van der Waals surface area (Å²) >= 11 is 0. The molecule has 0 spiro atoms. The Hall–Kier alpha value is -3.30. The zero-order chi connectivity index (χ0) is 28.5. The number of para-hydroxylation sites is 1. The highest BCUT2D eigenvalue weighted by molar-refractivity contribution is 5.78. The first-order valence-electron chi connectivity index (χ1n) is 14.4. The summed E-state index contributed by atoms with van der Waals surface area (Å²) in [7, 11) is 5.09. The molecular formula is C31H42N4O5. The summed E-state index contributed by atoms with van der Waals surface area (Å²) in [5.74, 6) is 0.685. The van der Waals surface area contributed by atoms with Crippen molar-refractivity contribution in [2.24, 2.45) is 13.0 Å². The van der Waals surface area contributed by atoms with Gasteiger partial charge in [0, 0.05) is 27.8 Å². The molecule has 216 valence electrons. The Morgan fingerprint density at radius 2 is 1.90 bits per heavy atom. The number of aromatic nitrogens is 4. The first-order valence-corrected chi connectivity index (χ1v) is 14.4. The maximum Gasteiger partial charge on any atom is 0.340 e. The lowest BCUT2D eigenvalue weighted by Crippen LogP contribution is -2.31. The number of hydrogen-bond acceptors (Lipinski definition) is 7. The van der Waals surface area contributed by atoms with Gasteiger partial charge in [-0.25, -0.2) is 9.78 Å². The first kappa shape index (κ1) is 29.7. The van der Waals surface area contributed by atoms with Crippen molar-refractivity contribution in [1.29, 1.82) is 0 Å². The lowest BCUT2D eigenvalue weighted by atomic mass is 9.89. The highest BCUT2D eigenvalue weighted by atomic mass is 16.6. The van der Waals surface area contributed by atoms with Crippen molar-refractivity contribution in [1.82, 2.24) is 19.3 Å². The fraction of sp³-hybridized carbons (Fsp3) is 0.548. The summed E-state index contributed by atoms with van der Waals surface area (Å²) in [6.07, 6.45) is 11.5. The standard InChI is InChI=1S/C31H42N4O5/c1-5-6-7-9-16-25(38-3)19-22(20-27(39-4)31(37)40-24-14-10-8-11-15-24)18-23-13-12-17-35-28(23)33-29-26(30(35)36)21-32-34(29)2/h8,10-11,14-15,18,21-22,25,27H,5-7,9,12-13,16-17,19-20H2,1-4H3/b23-18+. The highest BCUT2D eigenvalue weighted by Crippen LogP contribution is 2.30. The Kier molecular flexibility index (Phi) is 10.7. The fourth-order valence-electron chi connectivity index (χ4n) is 5.49. The molecule has 0 fully saturated rings. The van der Waals surface area contributed by atoms with E-state index in [9.17, 15) is 9.59 Å². The maximum absolute atomic E-state index is 13.2. The molecule has 9 heteroatoms. The highest BCUT2D eigenvalue weighted by Gasteiger charge is 2.28. The normalized spacial score (nSPS) is 16.6. The number of allylic oxidation sites excluding steroid dienone is 2. The van der Waals surface area contributed by atoms with Crippen molar-refractivity contribution in [3.8, 4) is 5.75 Å². The molecule has 1 aromatic carbocycles. The van der Waals surface area contributed by atoms with Crippen LogP contribution in [0.4, 0.5) is 0 Å².